The molecule has 1 aliphatic rings. The third kappa shape index (κ3) is 4.77. The zero-order valence-corrected chi connectivity index (χ0v) is 14.4. The second-order valence-corrected chi connectivity index (χ2v) is 6.63. The van der Waals surface area contributed by atoms with Crippen LogP contribution in [0.25, 0.3) is 0 Å². The van der Waals surface area contributed by atoms with Crippen molar-refractivity contribution in [1.29, 1.82) is 0 Å². The first-order chi connectivity index (χ1) is 11.4. The van der Waals surface area contributed by atoms with E-state index in [4.69, 9.17) is 5.73 Å². The van der Waals surface area contributed by atoms with Gasteiger partial charge < -0.3 is 11.1 Å². The van der Waals surface area contributed by atoms with E-state index in [1.54, 1.807) is 6.92 Å². The third-order valence-corrected chi connectivity index (χ3v) is 4.75. The van der Waals surface area contributed by atoms with Crippen molar-refractivity contribution in [3.05, 3.63) is 34.6 Å². The van der Waals surface area contributed by atoms with E-state index in [0.717, 1.165) is 50.0 Å². The molecule has 1 aromatic rings. The largest absolute Gasteiger partial charge is 0.361 e. The summed E-state index contributed by atoms with van der Waals surface area (Å²) in [6, 6.07) is 3.84. The van der Waals surface area contributed by atoms with E-state index in [2.05, 4.69) is 10.2 Å². The SMILES string of the molecule is Cc1ccc(CN2CCC[C@H](CCNC(=O)C(N)=O)C2)c(C)c1F. The minimum Gasteiger partial charge on any atom is -0.361 e. The summed E-state index contributed by atoms with van der Waals surface area (Å²) in [5.74, 6) is -1.33. The van der Waals surface area contributed by atoms with Crippen LogP contribution < -0.4 is 11.1 Å². The average molecular weight is 335 g/mol. The zero-order chi connectivity index (χ0) is 17.7. The molecule has 1 heterocycles. The van der Waals surface area contributed by atoms with E-state index in [9.17, 15) is 14.0 Å². The van der Waals surface area contributed by atoms with E-state index in [-0.39, 0.29) is 5.82 Å². The van der Waals surface area contributed by atoms with Crippen LogP contribution in [-0.4, -0.2) is 36.3 Å². The van der Waals surface area contributed by atoms with Gasteiger partial charge in [0.15, 0.2) is 0 Å². The Hall–Kier alpha value is -1.95. The summed E-state index contributed by atoms with van der Waals surface area (Å²) in [4.78, 5) is 24.2. The van der Waals surface area contributed by atoms with Crippen LogP contribution in [0.15, 0.2) is 12.1 Å². The van der Waals surface area contributed by atoms with Crippen molar-refractivity contribution in [2.75, 3.05) is 19.6 Å². The van der Waals surface area contributed by atoms with Crippen LogP contribution in [0.1, 0.15) is 36.0 Å². The molecule has 0 radical (unpaired) electrons. The lowest BCUT2D eigenvalue weighted by atomic mass is 9.94. The minimum atomic E-state index is -0.947. The fourth-order valence-corrected chi connectivity index (χ4v) is 3.28. The molecule has 6 heteroatoms. The maximum absolute atomic E-state index is 14.0. The van der Waals surface area contributed by atoms with E-state index in [1.165, 1.54) is 0 Å². The highest BCUT2D eigenvalue weighted by atomic mass is 19.1. The summed E-state index contributed by atoms with van der Waals surface area (Å²) in [6.07, 6.45) is 3.00. The number of benzene rings is 1. The molecule has 0 aliphatic carbocycles. The van der Waals surface area contributed by atoms with Gasteiger partial charge in [0.1, 0.15) is 5.82 Å². The third-order valence-electron chi connectivity index (χ3n) is 4.75. The summed E-state index contributed by atoms with van der Waals surface area (Å²) in [5.41, 5.74) is 7.35. The van der Waals surface area contributed by atoms with Gasteiger partial charge in [-0.3, -0.25) is 14.5 Å². The van der Waals surface area contributed by atoms with Crippen molar-refractivity contribution in [2.45, 2.75) is 39.7 Å². The Kier molecular flexibility index (Phi) is 6.31. The molecule has 3 N–H and O–H groups in total. The second-order valence-electron chi connectivity index (χ2n) is 6.63. The van der Waals surface area contributed by atoms with Crippen molar-refractivity contribution >= 4 is 11.8 Å². The normalized spacial score (nSPS) is 18.4. The van der Waals surface area contributed by atoms with Crippen LogP contribution in [0.4, 0.5) is 4.39 Å². The number of carbonyl (C=O) groups excluding carboxylic acids is 2. The first-order valence-electron chi connectivity index (χ1n) is 8.43. The number of rotatable bonds is 5. The summed E-state index contributed by atoms with van der Waals surface area (Å²) in [5, 5.41) is 2.54. The predicted octanol–water partition coefficient (Wildman–Crippen LogP) is 1.65. The number of hydrogen-bond acceptors (Lipinski definition) is 3. The number of nitrogens with zero attached hydrogens (tertiary/aromatic N) is 1. The van der Waals surface area contributed by atoms with Crippen molar-refractivity contribution in [3.63, 3.8) is 0 Å². The Labute approximate surface area is 142 Å². The Bertz CT molecular complexity index is 619. The molecule has 1 fully saturated rings. The predicted molar refractivity (Wildman–Crippen MR) is 90.7 cm³/mol. The number of halogens is 1. The highest BCUT2D eigenvalue weighted by Gasteiger charge is 2.21. The fraction of sp³-hybridized carbons (Fsp3) is 0.556. The quantitative estimate of drug-likeness (QED) is 0.804. The van der Waals surface area contributed by atoms with Crippen molar-refractivity contribution in [3.8, 4) is 0 Å². The van der Waals surface area contributed by atoms with E-state index < -0.39 is 11.8 Å². The number of amides is 2. The summed E-state index contributed by atoms with van der Waals surface area (Å²) >= 11 is 0. The maximum atomic E-state index is 14.0. The van der Waals surface area contributed by atoms with E-state index in [0.29, 0.717) is 18.0 Å². The molecule has 0 saturated carbocycles. The van der Waals surface area contributed by atoms with Crippen molar-refractivity contribution < 1.29 is 14.0 Å². The number of aryl methyl sites for hydroxylation is 1. The molecule has 132 valence electrons. The molecule has 1 aromatic carbocycles. The van der Waals surface area contributed by atoms with Gasteiger partial charge in [-0.05, 0) is 62.3 Å². The van der Waals surface area contributed by atoms with E-state index >= 15 is 0 Å². The fourth-order valence-electron chi connectivity index (χ4n) is 3.28. The molecule has 0 spiro atoms. The molecule has 24 heavy (non-hydrogen) atoms. The van der Waals surface area contributed by atoms with Gasteiger partial charge in [-0.1, -0.05) is 12.1 Å². The molecule has 0 unspecified atom stereocenters. The average Bonchev–Trinajstić information content (AvgIpc) is 2.55. The van der Waals surface area contributed by atoms with Crippen LogP contribution in [0.2, 0.25) is 0 Å². The first kappa shape index (κ1) is 18.4. The first-order valence-corrected chi connectivity index (χ1v) is 8.43. The number of hydrogen-bond donors (Lipinski definition) is 2. The number of nitrogens with one attached hydrogen (secondary N) is 1. The van der Waals surface area contributed by atoms with Gasteiger partial charge in [0.2, 0.25) is 0 Å². The molecule has 5 nitrogen and oxygen atoms in total. The standard InChI is InChI=1S/C18H26FN3O2/c1-12-5-6-15(13(2)16(12)19)11-22-9-3-4-14(10-22)7-8-21-18(24)17(20)23/h5-6,14H,3-4,7-11H2,1-2H3,(H2,20,23)(H,21,24)/t14-/m1/s1. The smallest absolute Gasteiger partial charge is 0.309 e. The summed E-state index contributed by atoms with van der Waals surface area (Å²) in [7, 11) is 0. The van der Waals surface area contributed by atoms with Gasteiger partial charge in [0, 0.05) is 19.6 Å². The maximum Gasteiger partial charge on any atom is 0.309 e. The lowest BCUT2D eigenvalue weighted by molar-refractivity contribution is -0.137. The van der Waals surface area contributed by atoms with Crippen molar-refractivity contribution in [2.24, 2.45) is 11.7 Å². The number of primary amides is 1. The van der Waals surface area contributed by atoms with Crippen LogP contribution in [0.3, 0.4) is 0 Å². The Morgan fingerprint density at radius 3 is 2.83 bits per heavy atom. The molecule has 1 aliphatic heterocycles. The lowest BCUT2D eigenvalue weighted by Crippen LogP contribution is -2.39. The van der Waals surface area contributed by atoms with Crippen LogP contribution in [0, 0.1) is 25.6 Å². The number of likely N-dealkylation sites (tertiary alicyclic amines) is 1. The summed E-state index contributed by atoms with van der Waals surface area (Å²) in [6.45, 7) is 6.73. The van der Waals surface area contributed by atoms with Gasteiger partial charge in [0.25, 0.3) is 0 Å². The molecule has 2 rings (SSSR count). The molecule has 0 bridgehead atoms. The highest BCUT2D eigenvalue weighted by molar-refractivity contribution is 6.34. The number of carbonyl (C=O) groups is 2. The van der Waals surface area contributed by atoms with Gasteiger partial charge in [0.05, 0.1) is 0 Å². The number of nitrogens with two attached hydrogens (primary N) is 1. The molecule has 0 aromatic heterocycles. The highest BCUT2D eigenvalue weighted by Crippen LogP contribution is 2.23. The summed E-state index contributed by atoms with van der Waals surface area (Å²) < 4.78 is 14.0. The number of piperidine rings is 1. The van der Waals surface area contributed by atoms with Crippen molar-refractivity contribution in [1.82, 2.24) is 10.2 Å². The molecular formula is C18H26FN3O2. The Morgan fingerprint density at radius 2 is 2.12 bits per heavy atom. The van der Waals surface area contributed by atoms with Crippen LogP contribution in [-0.2, 0) is 16.1 Å². The monoisotopic (exact) mass is 335 g/mol. The zero-order valence-electron chi connectivity index (χ0n) is 14.4. The van der Waals surface area contributed by atoms with Crippen LogP contribution >= 0.6 is 0 Å². The molecule has 2 amide bonds. The van der Waals surface area contributed by atoms with Gasteiger partial charge in [-0.25, -0.2) is 4.39 Å². The van der Waals surface area contributed by atoms with Gasteiger partial charge in [-0.2, -0.15) is 0 Å². The van der Waals surface area contributed by atoms with E-state index in [1.807, 2.05) is 19.1 Å². The molecule has 1 saturated heterocycles. The Morgan fingerprint density at radius 1 is 1.38 bits per heavy atom. The second kappa shape index (κ2) is 8.24. The Balaban J connectivity index is 1.86. The molecular weight excluding hydrogens is 309 g/mol. The minimum absolute atomic E-state index is 0.116. The van der Waals surface area contributed by atoms with Gasteiger partial charge >= 0.3 is 11.8 Å². The topological polar surface area (TPSA) is 75.4 Å². The molecule has 1 atom stereocenters. The lowest BCUT2D eigenvalue weighted by Gasteiger charge is -2.33. The van der Waals surface area contributed by atoms with Crippen LogP contribution in [0.5, 0.6) is 0 Å². The van der Waals surface area contributed by atoms with Gasteiger partial charge in [-0.15, -0.1) is 0 Å².